The second kappa shape index (κ2) is 3.84. The van der Waals surface area contributed by atoms with Crippen molar-refractivity contribution in [3.05, 3.63) is 29.3 Å². The van der Waals surface area contributed by atoms with Crippen LogP contribution >= 0.6 is 0 Å². The minimum absolute atomic E-state index is 0.230. The molecule has 0 aliphatic rings. The van der Waals surface area contributed by atoms with Gasteiger partial charge in [0.15, 0.2) is 0 Å². The Hall–Kier alpha value is -1.40. The monoisotopic (exact) mass is 164 g/mol. The first-order valence-corrected chi connectivity index (χ1v) is 3.55. The summed E-state index contributed by atoms with van der Waals surface area (Å²) in [6.45, 7) is 2.06. The maximum atomic E-state index is 12.8. The van der Waals surface area contributed by atoms with Crippen molar-refractivity contribution in [1.82, 2.24) is 4.98 Å². The van der Waals surface area contributed by atoms with Crippen molar-refractivity contribution in [2.75, 3.05) is 6.54 Å². The zero-order valence-corrected chi connectivity index (χ0v) is 6.76. The van der Waals surface area contributed by atoms with Gasteiger partial charge in [0.05, 0.1) is 12.1 Å². The number of halogens is 1. The molecular weight excluding hydrogens is 155 g/mol. The maximum Gasteiger partial charge on any atom is 0.228 e. The fourth-order valence-corrected chi connectivity index (χ4v) is 0.786. The van der Waals surface area contributed by atoms with Gasteiger partial charge in [-0.1, -0.05) is 11.8 Å². The van der Waals surface area contributed by atoms with E-state index in [0.29, 0.717) is 5.56 Å². The molecule has 3 heteroatoms. The van der Waals surface area contributed by atoms with Crippen LogP contribution in [0, 0.1) is 24.7 Å². The third-order valence-electron chi connectivity index (χ3n) is 1.30. The molecule has 0 saturated carbocycles. The molecule has 2 nitrogen and oxygen atoms in total. The molecular formula is C9H9FN2. The topological polar surface area (TPSA) is 38.9 Å². The van der Waals surface area contributed by atoms with Crippen molar-refractivity contribution >= 4 is 0 Å². The molecule has 0 atom stereocenters. The van der Waals surface area contributed by atoms with Gasteiger partial charge < -0.3 is 5.73 Å². The lowest BCUT2D eigenvalue weighted by Gasteiger charge is -1.94. The van der Waals surface area contributed by atoms with Crippen molar-refractivity contribution in [1.29, 1.82) is 0 Å². The highest BCUT2D eigenvalue weighted by molar-refractivity contribution is 5.35. The average molecular weight is 164 g/mol. The number of hydrogen-bond donors (Lipinski definition) is 1. The lowest BCUT2D eigenvalue weighted by molar-refractivity contribution is 0.579. The van der Waals surface area contributed by atoms with E-state index in [1.165, 1.54) is 6.20 Å². The molecule has 0 amide bonds. The molecule has 0 aliphatic heterocycles. The van der Waals surface area contributed by atoms with E-state index in [1.807, 2.05) is 6.92 Å². The van der Waals surface area contributed by atoms with E-state index in [4.69, 9.17) is 5.73 Å². The minimum atomic E-state index is -0.540. The molecule has 2 N–H and O–H groups in total. The van der Waals surface area contributed by atoms with E-state index in [9.17, 15) is 4.39 Å². The molecule has 0 aliphatic carbocycles. The van der Waals surface area contributed by atoms with Gasteiger partial charge in [0.25, 0.3) is 0 Å². The third kappa shape index (κ3) is 2.04. The summed E-state index contributed by atoms with van der Waals surface area (Å²) >= 11 is 0. The highest BCUT2D eigenvalue weighted by atomic mass is 19.1. The fourth-order valence-electron chi connectivity index (χ4n) is 0.786. The number of hydrogen-bond acceptors (Lipinski definition) is 2. The molecule has 0 unspecified atom stereocenters. The SMILES string of the molecule is Cc1cnc(F)c(C#CCN)c1. The van der Waals surface area contributed by atoms with Gasteiger partial charge in [0.1, 0.15) is 0 Å². The van der Waals surface area contributed by atoms with Gasteiger partial charge in [0.2, 0.25) is 5.95 Å². The molecule has 0 radical (unpaired) electrons. The first kappa shape index (κ1) is 8.69. The van der Waals surface area contributed by atoms with Gasteiger partial charge in [-0.3, -0.25) is 0 Å². The standard InChI is InChI=1S/C9H9FN2/c1-7-5-8(3-2-4-11)9(10)12-6-7/h5-6H,4,11H2,1H3. The lowest BCUT2D eigenvalue weighted by atomic mass is 10.2. The van der Waals surface area contributed by atoms with Crippen LogP contribution < -0.4 is 5.73 Å². The maximum absolute atomic E-state index is 12.8. The van der Waals surface area contributed by atoms with E-state index in [-0.39, 0.29) is 6.54 Å². The van der Waals surface area contributed by atoms with Crippen LogP contribution in [0.3, 0.4) is 0 Å². The van der Waals surface area contributed by atoms with Crippen LogP contribution in [0.4, 0.5) is 4.39 Å². The van der Waals surface area contributed by atoms with Crippen molar-refractivity contribution in [3.8, 4) is 11.8 Å². The summed E-state index contributed by atoms with van der Waals surface area (Å²) in [5.41, 5.74) is 6.34. The Balaban J connectivity index is 3.05. The van der Waals surface area contributed by atoms with Crippen LogP contribution in [-0.4, -0.2) is 11.5 Å². The summed E-state index contributed by atoms with van der Waals surface area (Å²) in [5, 5.41) is 0. The molecule has 62 valence electrons. The van der Waals surface area contributed by atoms with Crippen LogP contribution in [-0.2, 0) is 0 Å². The Kier molecular flexibility index (Phi) is 2.78. The quantitative estimate of drug-likeness (QED) is 0.456. The Labute approximate surface area is 70.6 Å². The average Bonchev–Trinajstić information content (AvgIpc) is 2.07. The Morgan fingerprint density at radius 3 is 3.08 bits per heavy atom. The molecule has 0 saturated heterocycles. The molecule has 1 rings (SSSR count). The lowest BCUT2D eigenvalue weighted by Crippen LogP contribution is -1.95. The second-order valence-electron chi connectivity index (χ2n) is 2.36. The third-order valence-corrected chi connectivity index (χ3v) is 1.30. The van der Waals surface area contributed by atoms with Gasteiger partial charge in [-0.05, 0) is 18.6 Å². The van der Waals surface area contributed by atoms with Crippen LogP contribution in [0.15, 0.2) is 12.3 Å². The number of nitrogens with two attached hydrogens (primary N) is 1. The summed E-state index contributed by atoms with van der Waals surface area (Å²) in [5.74, 6) is 4.63. The van der Waals surface area contributed by atoms with Crippen molar-refractivity contribution in [3.63, 3.8) is 0 Å². The van der Waals surface area contributed by atoms with E-state index >= 15 is 0 Å². The zero-order valence-electron chi connectivity index (χ0n) is 6.76. The molecule has 12 heavy (non-hydrogen) atoms. The zero-order chi connectivity index (χ0) is 8.97. The summed E-state index contributed by atoms with van der Waals surface area (Å²) in [6.07, 6.45) is 1.46. The van der Waals surface area contributed by atoms with Gasteiger partial charge in [-0.2, -0.15) is 4.39 Å². The summed E-state index contributed by atoms with van der Waals surface area (Å²) in [4.78, 5) is 3.52. The van der Waals surface area contributed by atoms with Gasteiger partial charge in [-0.25, -0.2) is 4.98 Å². The molecule has 1 aromatic rings. The predicted molar refractivity (Wildman–Crippen MR) is 44.9 cm³/mol. The van der Waals surface area contributed by atoms with Gasteiger partial charge in [-0.15, -0.1) is 0 Å². The number of pyridine rings is 1. The van der Waals surface area contributed by atoms with Crippen LogP contribution in [0.2, 0.25) is 0 Å². The molecule has 1 aromatic heterocycles. The summed E-state index contributed by atoms with van der Waals surface area (Å²) < 4.78 is 12.8. The van der Waals surface area contributed by atoms with Gasteiger partial charge in [0, 0.05) is 6.20 Å². The van der Waals surface area contributed by atoms with E-state index in [1.54, 1.807) is 6.07 Å². The highest BCUT2D eigenvalue weighted by Crippen LogP contribution is 2.04. The van der Waals surface area contributed by atoms with E-state index in [2.05, 4.69) is 16.8 Å². The summed E-state index contributed by atoms with van der Waals surface area (Å²) in [6, 6.07) is 1.64. The van der Waals surface area contributed by atoms with Crippen LogP contribution in [0.5, 0.6) is 0 Å². The summed E-state index contributed by atoms with van der Waals surface area (Å²) in [7, 11) is 0. The highest BCUT2D eigenvalue weighted by Gasteiger charge is 1.98. The largest absolute Gasteiger partial charge is 0.320 e. The first-order chi connectivity index (χ1) is 5.74. The van der Waals surface area contributed by atoms with Crippen LogP contribution in [0.25, 0.3) is 0 Å². The molecule has 0 bridgehead atoms. The van der Waals surface area contributed by atoms with E-state index < -0.39 is 5.95 Å². The first-order valence-electron chi connectivity index (χ1n) is 3.55. The second-order valence-corrected chi connectivity index (χ2v) is 2.36. The smallest absolute Gasteiger partial charge is 0.228 e. The normalized spacial score (nSPS) is 8.92. The van der Waals surface area contributed by atoms with Crippen LogP contribution in [0.1, 0.15) is 11.1 Å². The number of nitrogens with zero attached hydrogens (tertiary/aromatic N) is 1. The Morgan fingerprint density at radius 1 is 1.67 bits per heavy atom. The molecule has 0 aromatic carbocycles. The number of aromatic nitrogens is 1. The Morgan fingerprint density at radius 2 is 2.42 bits per heavy atom. The van der Waals surface area contributed by atoms with Crippen molar-refractivity contribution in [2.45, 2.75) is 6.92 Å². The number of rotatable bonds is 0. The van der Waals surface area contributed by atoms with E-state index in [0.717, 1.165) is 5.56 Å². The molecule has 1 heterocycles. The number of aryl methyl sites for hydroxylation is 1. The van der Waals surface area contributed by atoms with Crippen molar-refractivity contribution < 1.29 is 4.39 Å². The minimum Gasteiger partial charge on any atom is -0.320 e. The van der Waals surface area contributed by atoms with Crippen molar-refractivity contribution in [2.24, 2.45) is 5.73 Å². The van der Waals surface area contributed by atoms with Gasteiger partial charge >= 0.3 is 0 Å². The molecule has 0 spiro atoms. The Bertz CT molecular complexity index is 336. The predicted octanol–water partition coefficient (Wildman–Crippen LogP) is 0.839. The fraction of sp³-hybridized carbons (Fsp3) is 0.222. The molecule has 0 fully saturated rings.